The Hall–Kier alpha value is -4.86. The van der Waals surface area contributed by atoms with E-state index in [9.17, 15) is 22.8 Å². The van der Waals surface area contributed by atoms with Crippen LogP contribution in [-0.4, -0.2) is 50.8 Å². The molecule has 0 aliphatic carbocycles. The van der Waals surface area contributed by atoms with Gasteiger partial charge in [0, 0.05) is 24.4 Å². The monoisotopic (exact) mass is 523 g/mol. The van der Waals surface area contributed by atoms with Gasteiger partial charge in [-0.05, 0) is 49.2 Å². The lowest BCUT2D eigenvalue weighted by atomic mass is 10.1. The Kier molecular flexibility index (Phi) is 6.82. The fourth-order valence-electron chi connectivity index (χ4n) is 3.90. The number of nitriles is 1. The van der Waals surface area contributed by atoms with Gasteiger partial charge in [-0.25, -0.2) is 24.4 Å². The molecule has 0 radical (unpaired) electrons. The zero-order chi connectivity index (χ0) is 27.8. The largest absolute Gasteiger partial charge is 0.464 e. The lowest BCUT2D eigenvalue weighted by molar-refractivity contribution is -0.141. The topological polar surface area (TPSA) is 127 Å². The van der Waals surface area contributed by atoms with Gasteiger partial charge in [0.15, 0.2) is 11.5 Å². The van der Waals surface area contributed by atoms with E-state index in [1.54, 1.807) is 25.1 Å². The molecule has 1 amide bonds. The number of methoxy groups -OCH3 is 1. The molecule has 38 heavy (non-hydrogen) atoms. The minimum absolute atomic E-state index is 0.0250. The van der Waals surface area contributed by atoms with Crippen molar-refractivity contribution in [3.63, 3.8) is 0 Å². The van der Waals surface area contributed by atoms with Gasteiger partial charge in [0.1, 0.15) is 23.4 Å². The summed E-state index contributed by atoms with van der Waals surface area (Å²) in [5, 5.41) is 13.1. The van der Waals surface area contributed by atoms with E-state index in [4.69, 9.17) is 5.26 Å². The zero-order valence-corrected chi connectivity index (χ0v) is 20.7. The first-order chi connectivity index (χ1) is 17.9. The van der Waals surface area contributed by atoms with Crippen LogP contribution < -0.4 is 4.90 Å². The maximum atomic E-state index is 13.2. The fourth-order valence-corrected chi connectivity index (χ4v) is 3.90. The van der Waals surface area contributed by atoms with Crippen LogP contribution >= 0.6 is 0 Å². The van der Waals surface area contributed by atoms with E-state index in [0.29, 0.717) is 27.9 Å². The molecule has 0 N–H and O–H groups in total. The normalized spacial score (nSPS) is 11.3. The zero-order valence-electron chi connectivity index (χ0n) is 20.7. The maximum Gasteiger partial charge on any atom is 0.433 e. The molecule has 0 bridgehead atoms. The van der Waals surface area contributed by atoms with Gasteiger partial charge in [0.25, 0.3) is 5.91 Å². The molecule has 3 heterocycles. The third-order valence-corrected chi connectivity index (χ3v) is 5.76. The van der Waals surface area contributed by atoms with E-state index >= 15 is 0 Å². The summed E-state index contributed by atoms with van der Waals surface area (Å²) in [5.41, 5.74) is 1.32. The molecular weight excluding hydrogens is 503 g/mol. The molecule has 0 unspecified atom stereocenters. The van der Waals surface area contributed by atoms with Crippen LogP contribution in [0.15, 0.2) is 36.5 Å². The van der Waals surface area contributed by atoms with E-state index < -0.39 is 23.7 Å². The number of aromatic nitrogens is 5. The Balaban J connectivity index is 1.66. The number of esters is 1. The molecule has 3 aromatic heterocycles. The number of rotatable bonds is 5. The third kappa shape index (κ3) is 4.88. The van der Waals surface area contributed by atoms with Gasteiger partial charge < -0.3 is 9.64 Å². The van der Waals surface area contributed by atoms with Gasteiger partial charge >= 0.3 is 12.1 Å². The molecule has 1 aromatic carbocycles. The molecule has 0 spiro atoms. The van der Waals surface area contributed by atoms with Crippen LogP contribution in [0.4, 0.5) is 18.9 Å². The summed E-state index contributed by atoms with van der Waals surface area (Å²) in [5.74, 6) is -0.974. The number of nitrogens with zero attached hydrogens (tertiary/aromatic N) is 7. The molecule has 13 heteroatoms. The van der Waals surface area contributed by atoms with Crippen LogP contribution in [0, 0.1) is 25.2 Å². The molecule has 0 saturated heterocycles. The average molecular weight is 523 g/mol. The summed E-state index contributed by atoms with van der Waals surface area (Å²) in [6.07, 6.45) is -3.34. The number of halogens is 3. The highest BCUT2D eigenvalue weighted by Crippen LogP contribution is 2.31. The first-order valence-corrected chi connectivity index (χ1v) is 11.1. The van der Waals surface area contributed by atoms with Crippen molar-refractivity contribution in [2.45, 2.75) is 26.6 Å². The van der Waals surface area contributed by atoms with Crippen molar-refractivity contribution in [2.24, 2.45) is 0 Å². The van der Waals surface area contributed by atoms with Gasteiger partial charge in [0.05, 0.1) is 24.9 Å². The quantitative estimate of drug-likeness (QED) is 0.358. The Bertz CT molecular complexity index is 1620. The minimum Gasteiger partial charge on any atom is -0.464 e. The number of amides is 1. The average Bonchev–Trinajstić information content (AvgIpc) is 3.30. The third-order valence-electron chi connectivity index (χ3n) is 5.76. The molecule has 4 rings (SSSR count). The second-order valence-corrected chi connectivity index (χ2v) is 8.34. The smallest absolute Gasteiger partial charge is 0.433 e. The van der Waals surface area contributed by atoms with Crippen LogP contribution in [-0.2, 0) is 17.5 Å². The van der Waals surface area contributed by atoms with Gasteiger partial charge in [-0.3, -0.25) is 4.79 Å². The highest BCUT2D eigenvalue weighted by molar-refractivity contribution is 6.06. The predicted molar refractivity (Wildman–Crippen MR) is 129 cm³/mol. The molecule has 0 fully saturated rings. The highest BCUT2D eigenvalue weighted by atomic mass is 19.4. The van der Waals surface area contributed by atoms with Crippen molar-refractivity contribution in [2.75, 3.05) is 19.1 Å². The number of carbonyl (C=O) groups is 2. The number of benzene rings is 1. The van der Waals surface area contributed by atoms with Gasteiger partial charge in [-0.15, -0.1) is 0 Å². The van der Waals surface area contributed by atoms with Crippen LogP contribution in [0.5, 0.6) is 0 Å². The standard InChI is InChI=1S/C25H20F3N7O3/c1-13-9-15(22-30-12-17-21(32-22)14(2)10-20(31-17)25(26,27)28)5-6-18(13)34(3)23(36)19-11-16(24(37)38-4)33-35(19)8-7-29/h5-6,9-12H,8H2,1-4H3. The van der Waals surface area contributed by atoms with Crippen molar-refractivity contribution >= 4 is 28.6 Å². The lowest BCUT2D eigenvalue weighted by Crippen LogP contribution is -2.29. The Morgan fingerprint density at radius 3 is 2.50 bits per heavy atom. The SMILES string of the molecule is COC(=O)c1cc(C(=O)N(C)c2ccc(-c3ncc4nc(C(F)(F)F)cc(C)c4n3)cc2C)n(CC#N)n1. The number of hydrogen-bond acceptors (Lipinski definition) is 8. The van der Waals surface area contributed by atoms with Crippen molar-refractivity contribution in [1.82, 2.24) is 24.7 Å². The van der Waals surface area contributed by atoms with Crippen molar-refractivity contribution in [3.05, 3.63) is 64.7 Å². The minimum atomic E-state index is -4.58. The molecule has 194 valence electrons. The fraction of sp³-hybridized carbons (Fsp3) is 0.240. The van der Waals surface area contributed by atoms with Crippen molar-refractivity contribution in [3.8, 4) is 17.5 Å². The van der Waals surface area contributed by atoms with Crippen molar-refractivity contribution < 1.29 is 27.5 Å². The number of pyridine rings is 1. The molecule has 0 atom stereocenters. The number of ether oxygens (including phenoxy) is 1. The van der Waals surface area contributed by atoms with E-state index in [1.807, 2.05) is 6.07 Å². The maximum absolute atomic E-state index is 13.2. The first kappa shape index (κ1) is 26.2. The molecule has 0 aliphatic rings. The van der Waals surface area contributed by atoms with Crippen LogP contribution in [0.1, 0.15) is 37.8 Å². The van der Waals surface area contributed by atoms with Crippen molar-refractivity contribution in [1.29, 1.82) is 5.26 Å². The summed E-state index contributed by atoms with van der Waals surface area (Å²) >= 11 is 0. The Morgan fingerprint density at radius 1 is 1.13 bits per heavy atom. The van der Waals surface area contributed by atoms with Crippen LogP contribution in [0.2, 0.25) is 0 Å². The second-order valence-electron chi connectivity index (χ2n) is 8.34. The predicted octanol–water partition coefficient (Wildman–Crippen LogP) is 4.11. The number of anilines is 1. The molecule has 4 aromatic rings. The summed E-state index contributed by atoms with van der Waals surface area (Å²) in [4.78, 5) is 38.7. The Labute approximate surface area is 214 Å². The molecule has 0 aliphatic heterocycles. The number of hydrogen-bond donors (Lipinski definition) is 0. The number of alkyl halides is 3. The van der Waals surface area contributed by atoms with E-state index in [0.717, 1.165) is 10.7 Å². The van der Waals surface area contributed by atoms with Gasteiger partial charge in [-0.2, -0.15) is 23.5 Å². The van der Waals surface area contributed by atoms with Gasteiger partial charge in [0.2, 0.25) is 0 Å². The van der Waals surface area contributed by atoms with Gasteiger partial charge in [-0.1, -0.05) is 0 Å². The lowest BCUT2D eigenvalue weighted by Gasteiger charge is -2.20. The number of fused-ring (bicyclic) bond motifs is 1. The summed E-state index contributed by atoms with van der Waals surface area (Å²) < 4.78 is 45.1. The summed E-state index contributed by atoms with van der Waals surface area (Å²) in [6, 6.07) is 9.17. The van der Waals surface area contributed by atoms with E-state index in [-0.39, 0.29) is 29.3 Å². The molecule has 0 saturated carbocycles. The van der Waals surface area contributed by atoms with E-state index in [1.165, 1.54) is 38.2 Å². The summed E-state index contributed by atoms with van der Waals surface area (Å²) in [7, 11) is 2.71. The first-order valence-electron chi connectivity index (χ1n) is 11.1. The van der Waals surface area contributed by atoms with Crippen LogP contribution in [0.3, 0.4) is 0 Å². The number of aryl methyl sites for hydroxylation is 2. The Morgan fingerprint density at radius 2 is 1.87 bits per heavy atom. The molecular formula is C25H20F3N7O3. The molecule has 10 nitrogen and oxygen atoms in total. The second kappa shape index (κ2) is 9.89. The van der Waals surface area contributed by atoms with E-state index in [2.05, 4.69) is 24.8 Å². The number of carbonyl (C=O) groups excluding carboxylic acids is 2. The highest BCUT2D eigenvalue weighted by Gasteiger charge is 2.33. The van der Waals surface area contributed by atoms with Crippen LogP contribution in [0.25, 0.3) is 22.4 Å². The summed E-state index contributed by atoms with van der Waals surface area (Å²) in [6.45, 7) is 3.04.